The molecule has 1 saturated heterocycles. The summed E-state index contributed by atoms with van der Waals surface area (Å²) in [5.41, 5.74) is 0.280. The fraction of sp³-hybridized carbons (Fsp3) is 0.500. The Labute approximate surface area is 69.7 Å². The summed E-state index contributed by atoms with van der Waals surface area (Å²) in [6.07, 6.45) is 1.72. The van der Waals surface area contributed by atoms with E-state index in [-0.39, 0.29) is 11.6 Å². The van der Waals surface area contributed by atoms with Gasteiger partial charge in [-0.3, -0.25) is 4.68 Å². The van der Waals surface area contributed by atoms with Gasteiger partial charge < -0.3 is 14.8 Å². The quantitative estimate of drug-likeness (QED) is 0.508. The van der Waals surface area contributed by atoms with Crippen molar-refractivity contribution in [1.29, 1.82) is 0 Å². The van der Waals surface area contributed by atoms with Crippen LogP contribution in [0.15, 0.2) is 12.3 Å². The minimum Gasteiger partial charge on any atom is -0.422 e. The van der Waals surface area contributed by atoms with Gasteiger partial charge in [0.15, 0.2) is 0 Å². The number of rotatable bonds is 2. The van der Waals surface area contributed by atoms with Gasteiger partial charge >= 0.3 is 7.12 Å². The summed E-state index contributed by atoms with van der Waals surface area (Å²) in [7, 11) is -1.48. The lowest BCUT2D eigenvalue weighted by Crippen LogP contribution is -2.35. The summed E-state index contributed by atoms with van der Waals surface area (Å²) in [5, 5.41) is 21.5. The molecule has 12 heavy (non-hydrogen) atoms. The van der Waals surface area contributed by atoms with E-state index in [2.05, 4.69) is 5.10 Å². The van der Waals surface area contributed by atoms with Crippen LogP contribution in [0, 0.1) is 0 Å². The number of hydrogen-bond acceptors (Lipinski definition) is 4. The second kappa shape index (κ2) is 2.89. The van der Waals surface area contributed by atoms with Crippen molar-refractivity contribution in [2.24, 2.45) is 0 Å². The predicted molar refractivity (Wildman–Crippen MR) is 41.9 cm³/mol. The third kappa shape index (κ3) is 1.24. The highest BCUT2D eigenvalue weighted by molar-refractivity contribution is 6.57. The lowest BCUT2D eigenvalue weighted by molar-refractivity contribution is -0.0285. The van der Waals surface area contributed by atoms with E-state index in [9.17, 15) is 0 Å². The minimum atomic E-state index is -1.48. The highest BCUT2D eigenvalue weighted by Gasteiger charge is 2.23. The second-order valence-corrected chi connectivity index (χ2v) is 2.79. The first-order chi connectivity index (χ1) is 5.77. The topological polar surface area (TPSA) is 67.5 Å². The molecule has 0 aromatic carbocycles. The van der Waals surface area contributed by atoms with E-state index < -0.39 is 7.12 Å². The zero-order chi connectivity index (χ0) is 8.55. The van der Waals surface area contributed by atoms with Gasteiger partial charge in [-0.1, -0.05) is 0 Å². The van der Waals surface area contributed by atoms with E-state index >= 15 is 0 Å². The first-order valence-corrected chi connectivity index (χ1v) is 3.76. The van der Waals surface area contributed by atoms with Crippen molar-refractivity contribution >= 4 is 12.7 Å². The normalized spacial score (nSPS) is 17.5. The zero-order valence-electron chi connectivity index (χ0n) is 6.42. The number of hydrogen-bond donors (Lipinski definition) is 2. The van der Waals surface area contributed by atoms with Gasteiger partial charge in [-0.25, -0.2) is 0 Å². The van der Waals surface area contributed by atoms with Gasteiger partial charge in [0.2, 0.25) is 0 Å². The minimum absolute atomic E-state index is 0.262. The maximum absolute atomic E-state index is 8.76. The van der Waals surface area contributed by atoms with E-state index in [1.807, 2.05) is 0 Å². The summed E-state index contributed by atoms with van der Waals surface area (Å²) in [4.78, 5) is 0. The number of ether oxygens (including phenoxy) is 1. The molecule has 0 bridgehead atoms. The van der Waals surface area contributed by atoms with Crippen LogP contribution >= 0.6 is 0 Å². The molecular formula is C6H9BN2O3. The number of nitrogens with zero attached hydrogens (tertiary/aromatic N) is 2. The molecule has 0 aliphatic carbocycles. The first-order valence-electron chi connectivity index (χ1n) is 3.76. The Kier molecular flexibility index (Phi) is 1.88. The lowest BCUT2D eigenvalue weighted by atomic mass is 9.87. The molecule has 64 valence electrons. The standard InChI is InChI=1S/C6H9BN2O3/c10-7(11)6-1-2-9(8-6)5-3-12-4-5/h1-2,5,10-11H,3-4H2. The van der Waals surface area contributed by atoms with Gasteiger partial charge in [-0.15, -0.1) is 0 Å². The molecule has 2 rings (SSSR count). The predicted octanol–water partition coefficient (Wildman–Crippen LogP) is -1.87. The summed E-state index contributed by atoms with van der Waals surface area (Å²) >= 11 is 0. The molecule has 2 heterocycles. The molecule has 1 aromatic rings. The van der Waals surface area contributed by atoms with E-state index in [0.717, 1.165) is 0 Å². The van der Waals surface area contributed by atoms with Gasteiger partial charge in [0.1, 0.15) is 0 Å². The molecule has 2 N–H and O–H groups in total. The highest BCUT2D eigenvalue weighted by atomic mass is 16.5. The van der Waals surface area contributed by atoms with Crippen molar-refractivity contribution in [2.75, 3.05) is 13.2 Å². The molecule has 1 aliphatic rings. The van der Waals surface area contributed by atoms with E-state index in [4.69, 9.17) is 14.8 Å². The molecule has 0 amide bonds. The average molecular weight is 168 g/mol. The fourth-order valence-corrected chi connectivity index (χ4v) is 1.07. The maximum atomic E-state index is 8.76. The molecule has 0 unspecified atom stereocenters. The number of aromatic nitrogens is 2. The van der Waals surface area contributed by atoms with Crippen LogP contribution in [0.1, 0.15) is 6.04 Å². The summed E-state index contributed by atoms with van der Waals surface area (Å²) in [6, 6.07) is 1.85. The van der Waals surface area contributed by atoms with Crippen molar-refractivity contribution in [3.8, 4) is 0 Å². The highest BCUT2D eigenvalue weighted by Crippen LogP contribution is 2.14. The molecule has 5 nitrogen and oxygen atoms in total. The maximum Gasteiger partial charge on any atom is 0.510 e. The fourth-order valence-electron chi connectivity index (χ4n) is 1.07. The Morgan fingerprint density at radius 1 is 1.58 bits per heavy atom. The Balaban J connectivity index is 2.12. The summed E-state index contributed by atoms with van der Waals surface area (Å²) in [5.74, 6) is 0. The molecule has 0 saturated carbocycles. The lowest BCUT2D eigenvalue weighted by Gasteiger charge is -2.25. The van der Waals surface area contributed by atoms with Gasteiger partial charge in [0.05, 0.1) is 24.8 Å². The average Bonchev–Trinajstić information content (AvgIpc) is 2.32. The molecule has 0 spiro atoms. The molecule has 6 heteroatoms. The van der Waals surface area contributed by atoms with Crippen molar-refractivity contribution in [2.45, 2.75) is 6.04 Å². The smallest absolute Gasteiger partial charge is 0.422 e. The SMILES string of the molecule is OB(O)c1ccn(C2COC2)n1. The largest absolute Gasteiger partial charge is 0.510 e. The van der Waals surface area contributed by atoms with Gasteiger partial charge in [-0.2, -0.15) is 5.10 Å². The third-order valence-corrected chi connectivity index (χ3v) is 1.89. The zero-order valence-corrected chi connectivity index (χ0v) is 6.42. The van der Waals surface area contributed by atoms with Crippen molar-refractivity contribution in [1.82, 2.24) is 9.78 Å². The monoisotopic (exact) mass is 168 g/mol. The van der Waals surface area contributed by atoms with Crippen molar-refractivity contribution < 1.29 is 14.8 Å². The van der Waals surface area contributed by atoms with Gasteiger partial charge in [-0.05, 0) is 6.07 Å². The van der Waals surface area contributed by atoms with E-state index in [0.29, 0.717) is 13.2 Å². The van der Waals surface area contributed by atoms with Crippen LogP contribution in [0.5, 0.6) is 0 Å². The van der Waals surface area contributed by atoms with Crippen LogP contribution in [0.4, 0.5) is 0 Å². The van der Waals surface area contributed by atoms with Gasteiger partial charge in [0, 0.05) is 6.20 Å². The Hall–Kier alpha value is -0.845. The van der Waals surface area contributed by atoms with Crippen LogP contribution in [-0.2, 0) is 4.74 Å². The Morgan fingerprint density at radius 3 is 2.75 bits per heavy atom. The molecule has 0 radical (unpaired) electrons. The van der Waals surface area contributed by atoms with E-state index in [1.54, 1.807) is 16.9 Å². The van der Waals surface area contributed by atoms with Crippen LogP contribution in [0.25, 0.3) is 0 Å². The first kappa shape index (κ1) is 7.79. The Bertz CT molecular complexity index is 272. The van der Waals surface area contributed by atoms with Gasteiger partial charge in [0.25, 0.3) is 0 Å². The van der Waals surface area contributed by atoms with Crippen LogP contribution in [0.2, 0.25) is 0 Å². The molecule has 0 atom stereocenters. The summed E-state index contributed by atoms with van der Waals surface area (Å²) in [6.45, 7) is 1.31. The van der Waals surface area contributed by atoms with Crippen molar-refractivity contribution in [3.63, 3.8) is 0 Å². The third-order valence-electron chi connectivity index (χ3n) is 1.89. The molecule has 1 aromatic heterocycles. The van der Waals surface area contributed by atoms with Crippen LogP contribution in [-0.4, -0.2) is 40.2 Å². The summed E-state index contributed by atoms with van der Waals surface area (Å²) < 4.78 is 6.67. The molecule has 1 aliphatic heterocycles. The van der Waals surface area contributed by atoms with E-state index in [1.165, 1.54) is 0 Å². The molecular weight excluding hydrogens is 159 g/mol. The second-order valence-electron chi connectivity index (χ2n) is 2.79. The Morgan fingerprint density at radius 2 is 2.33 bits per heavy atom. The van der Waals surface area contributed by atoms with Crippen molar-refractivity contribution in [3.05, 3.63) is 12.3 Å². The van der Waals surface area contributed by atoms with Crippen LogP contribution in [0.3, 0.4) is 0 Å². The van der Waals surface area contributed by atoms with Crippen LogP contribution < -0.4 is 5.59 Å². The molecule has 1 fully saturated rings.